The van der Waals surface area contributed by atoms with Crippen molar-refractivity contribution in [2.45, 2.75) is 51.9 Å². The molecule has 0 unspecified atom stereocenters. The van der Waals surface area contributed by atoms with Gasteiger partial charge < -0.3 is 10.0 Å². The Labute approximate surface area is 118 Å². The zero-order valence-corrected chi connectivity index (χ0v) is 12.9. The van der Waals surface area contributed by atoms with Crippen molar-refractivity contribution in [1.29, 1.82) is 0 Å². The lowest BCUT2D eigenvalue weighted by Crippen LogP contribution is -2.33. The number of nitrogens with zero attached hydrogens (tertiary/aromatic N) is 1. The molecule has 0 bridgehead atoms. The zero-order valence-electron chi connectivity index (χ0n) is 12.1. The molecule has 1 heterocycles. The molecule has 0 saturated carbocycles. The van der Waals surface area contributed by atoms with Crippen molar-refractivity contribution in [3.05, 3.63) is 0 Å². The average molecular weight is 273 g/mol. The molecule has 3 heteroatoms. The quantitative estimate of drug-likeness (QED) is 0.617. The maximum atomic E-state index is 9.03. The van der Waals surface area contributed by atoms with Gasteiger partial charge in [0.2, 0.25) is 0 Å². The van der Waals surface area contributed by atoms with Gasteiger partial charge in [0.25, 0.3) is 0 Å². The number of unbranched alkanes of at least 4 members (excludes halogenated alkanes) is 2. The van der Waals surface area contributed by atoms with E-state index in [1.54, 1.807) is 0 Å². The van der Waals surface area contributed by atoms with E-state index in [0.29, 0.717) is 6.61 Å². The second kappa shape index (κ2) is 11.1. The summed E-state index contributed by atoms with van der Waals surface area (Å²) in [6, 6.07) is 0. The molecule has 1 saturated heterocycles. The third kappa shape index (κ3) is 7.65. The number of hydrogen-bond acceptors (Lipinski definition) is 3. The molecule has 0 aliphatic carbocycles. The molecule has 1 aliphatic rings. The zero-order chi connectivity index (χ0) is 13.1. The van der Waals surface area contributed by atoms with Crippen LogP contribution in [0.1, 0.15) is 51.9 Å². The minimum Gasteiger partial charge on any atom is -0.396 e. The topological polar surface area (TPSA) is 23.5 Å². The molecule has 0 aromatic heterocycles. The number of thioether (sulfide) groups is 1. The van der Waals surface area contributed by atoms with E-state index in [-0.39, 0.29) is 0 Å². The highest BCUT2D eigenvalue weighted by Gasteiger charge is 2.10. The number of aliphatic hydroxyl groups excluding tert-OH is 1. The Balaban J connectivity index is 1.95. The molecule has 2 nitrogen and oxygen atoms in total. The SMILES string of the molecule is CCC[C@H](CCO)CCCCCN1CCSCC1. The summed E-state index contributed by atoms with van der Waals surface area (Å²) in [4.78, 5) is 2.62. The summed E-state index contributed by atoms with van der Waals surface area (Å²) in [5, 5.41) is 9.03. The molecule has 1 N–H and O–H groups in total. The van der Waals surface area contributed by atoms with E-state index < -0.39 is 0 Å². The predicted molar refractivity (Wildman–Crippen MR) is 82.3 cm³/mol. The Morgan fingerprint density at radius 2 is 1.83 bits per heavy atom. The van der Waals surface area contributed by atoms with Crippen LogP contribution in [0.2, 0.25) is 0 Å². The Kier molecular flexibility index (Phi) is 10.1. The molecule has 1 aliphatic heterocycles. The second-order valence-electron chi connectivity index (χ2n) is 5.47. The largest absolute Gasteiger partial charge is 0.396 e. The number of aliphatic hydroxyl groups is 1. The lowest BCUT2D eigenvalue weighted by molar-refractivity contribution is 0.241. The van der Waals surface area contributed by atoms with Gasteiger partial charge in [0, 0.05) is 31.2 Å². The highest BCUT2D eigenvalue weighted by molar-refractivity contribution is 7.99. The number of rotatable bonds is 10. The van der Waals surface area contributed by atoms with Gasteiger partial charge >= 0.3 is 0 Å². The first-order valence-electron chi connectivity index (χ1n) is 7.77. The third-order valence-corrected chi connectivity index (χ3v) is 4.87. The summed E-state index contributed by atoms with van der Waals surface area (Å²) in [6.07, 6.45) is 8.98. The van der Waals surface area contributed by atoms with Crippen molar-refractivity contribution in [2.24, 2.45) is 5.92 Å². The van der Waals surface area contributed by atoms with Gasteiger partial charge in [-0.25, -0.2) is 0 Å². The summed E-state index contributed by atoms with van der Waals surface area (Å²) < 4.78 is 0. The van der Waals surface area contributed by atoms with Gasteiger partial charge in [-0.3, -0.25) is 0 Å². The van der Waals surface area contributed by atoms with E-state index in [1.807, 2.05) is 0 Å². The van der Waals surface area contributed by atoms with Gasteiger partial charge in [0.05, 0.1) is 0 Å². The van der Waals surface area contributed by atoms with E-state index >= 15 is 0 Å². The van der Waals surface area contributed by atoms with Crippen LogP contribution in [0.5, 0.6) is 0 Å². The van der Waals surface area contributed by atoms with Crippen LogP contribution in [0.15, 0.2) is 0 Å². The van der Waals surface area contributed by atoms with Crippen LogP contribution >= 0.6 is 11.8 Å². The first kappa shape index (κ1) is 16.3. The molecule has 1 atom stereocenters. The molecule has 0 spiro atoms. The van der Waals surface area contributed by atoms with Gasteiger partial charge in [0.1, 0.15) is 0 Å². The van der Waals surface area contributed by atoms with Crippen LogP contribution in [-0.4, -0.2) is 47.8 Å². The van der Waals surface area contributed by atoms with E-state index in [0.717, 1.165) is 12.3 Å². The molecule has 1 fully saturated rings. The van der Waals surface area contributed by atoms with Crippen LogP contribution in [-0.2, 0) is 0 Å². The van der Waals surface area contributed by atoms with Crippen LogP contribution in [0, 0.1) is 5.92 Å². The van der Waals surface area contributed by atoms with Gasteiger partial charge in [-0.15, -0.1) is 0 Å². The third-order valence-electron chi connectivity index (χ3n) is 3.92. The van der Waals surface area contributed by atoms with Crippen molar-refractivity contribution in [2.75, 3.05) is 37.7 Å². The van der Waals surface area contributed by atoms with Crippen molar-refractivity contribution in [1.82, 2.24) is 4.90 Å². The Morgan fingerprint density at radius 3 is 2.50 bits per heavy atom. The molecular weight excluding hydrogens is 242 g/mol. The molecule has 0 aromatic rings. The fourth-order valence-electron chi connectivity index (χ4n) is 2.79. The van der Waals surface area contributed by atoms with E-state index in [9.17, 15) is 0 Å². The van der Waals surface area contributed by atoms with Gasteiger partial charge in [0.15, 0.2) is 0 Å². The monoisotopic (exact) mass is 273 g/mol. The summed E-state index contributed by atoms with van der Waals surface area (Å²) in [6.45, 7) is 6.52. The summed E-state index contributed by atoms with van der Waals surface area (Å²) >= 11 is 2.09. The van der Waals surface area contributed by atoms with Crippen molar-refractivity contribution in [3.8, 4) is 0 Å². The molecule has 0 aromatic carbocycles. The Hall–Kier alpha value is 0.270. The van der Waals surface area contributed by atoms with E-state index in [2.05, 4.69) is 23.6 Å². The molecule has 0 amide bonds. The molecule has 1 rings (SSSR count). The first-order valence-corrected chi connectivity index (χ1v) is 8.93. The smallest absolute Gasteiger partial charge is 0.0433 e. The Bertz CT molecular complexity index is 177. The fourth-order valence-corrected chi connectivity index (χ4v) is 3.77. The second-order valence-corrected chi connectivity index (χ2v) is 6.70. The first-order chi connectivity index (χ1) is 8.86. The molecule has 108 valence electrons. The van der Waals surface area contributed by atoms with Crippen LogP contribution in [0.25, 0.3) is 0 Å². The lowest BCUT2D eigenvalue weighted by atomic mass is 9.94. The van der Waals surface area contributed by atoms with Crippen LogP contribution in [0.3, 0.4) is 0 Å². The summed E-state index contributed by atoms with van der Waals surface area (Å²) in [7, 11) is 0. The maximum absolute atomic E-state index is 9.03. The van der Waals surface area contributed by atoms with Crippen LogP contribution in [0.4, 0.5) is 0 Å². The molecule has 0 radical (unpaired) electrons. The minimum absolute atomic E-state index is 0.371. The number of hydrogen-bond donors (Lipinski definition) is 1. The van der Waals surface area contributed by atoms with Gasteiger partial charge in [-0.05, 0) is 25.3 Å². The highest BCUT2D eigenvalue weighted by atomic mass is 32.2. The Morgan fingerprint density at radius 1 is 1.06 bits per heavy atom. The standard InChI is InChI=1S/C15H31NOS/c1-2-6-15(8-12-17)7-4-3-5-9-16-10-13-18-14-11-16/h15,17H,2-14H2,1H3/t15-/m0/s1. The van der Waals surface area contributed by atoms with Crippen molar-refractivity contribution < 1.29 is 5.11 Å². The van der Waals surface area contributed by atoms with E-state index in [4.69, 9.17) is 5.11 Å². The predicted octanol–water partition coefficient (Wildman–Crippen LogP) is 3.39. The van der Waals surface area contributed by atoms with Crippen molar-refractivity contribution >= 4 is 11.8 Å². The summed E-state index contributed by atoms with van der Waals surface area (Å²) in [5.74, 6) is 3.43. The lowest BCUT2D eigenvalue weighted by Gasteiger charge is -2.26. The molecule has 18 heavy (non-hydrogen) atoms. The summed E-state index contributed by atoms with van der Waals surface area (Å²) in [5.41, 5.74) is 0. The van der Waals surface area contributed by atoms with Gasteiger partial charge in [-0.2, -0.15) is 11.8 Å². The van der Waals surface area contributed by atoms with E-state index in [1.165, 1.54) is 69.7 Å². The van der Waals surface area contributed by atoms with Crippen molar-refractivity contribution in [3.63, 3.8) is 0 Å². The average Bonchev–Trinajstić information content (AvgIpc) is 2.40. The highest BCUT2D eigenvalue weighted by Crippen LogP contribution is 2.19. The minimum atomic E-state index is 0.371. The van der Waals surface area contributed by atoms with Crippen LogP contribution < -0.4 is 0 Å². The van der Waals surface area contributed by atoms with Gasteiger partial charge in [-0.1, -0.05) is 39.0 Å². The normalized spacial score (nSPS) is 19.0. The maximum Gasteiger partial charge on any atom is 0.0433 e. The fraction of sp³-hybridized carbons (Fsp3) is 1.00. The molecular formula is C15H31NOS.